The summed E-state index contributed by atoms with van der Waals surface area (Å²) in [5.74, 6) is -3.32. The normalized spacial score (nSPS) is 10.6. The van der Waals surface area contributed by atoms with E-state index in [1.54, 1.807) is 30.6 Å². The smallest absolute Gasteiger partial charge is 0.258 e. The lowest BCUT2D eigenvalue weighted by atomic mass is 10.1. The number of halogens is 2. The van der Waals surface area contributed by atoms with Crippen molar-refractivity contribution in [2.24, 2.45) is 0 Å². The van der Waals surface area contributed by atoms with Crippen molar-refractivity contribution >= 4 is 22.4 Å². The van der Waals surface area contributed by atoms with Crippen molar-refractivity contribution in [2.45, 2.75) is 0 Å². The quantitative estimate of drug-likeness (QED) is 0.736. The largest absolute Gasteiger partial charge is 0.321 e. The van der Waals surface area contributed by atoms with E-state index in [-0.39, 0.29) is 0 Å². The number of pyridine rings is 2. The molecule has 0 atom stereocenters. The average molecular weight is 285 g/mol. The Morgan fingerprint density at radius 2 is 1.95 bits per heavy atom. The van der Waals surface area contributed by atoms with E-state index in [2.05, 4.69) is 15.3 Å². The fourth-order valence-corrected chi connectivity index (χ4v) is 2.01. The topological polar surface area (TPSA) is 54.9 Å². The van der Waals surface area contributed by atoms with Crippen molar-refractivity contribution in [1.82, 2.24) is 9.97 Å². The number of benzene rings is 1. The summed E-state index contributed by atoms with van der Waals surface area (Å²) in [4.78, 5) is 19.2. The average Bonchev–Trinajstić information content (AvgIpc) is 2.50. The molecule has 2 aromatic heterocycles. The van der Waals surface area contributed by atoms with Gasteiger partial charge in [0.15, 0.2) is 5.82 Å². The zero-order chi connectivity index (χ0) is 14.8. The molecule has 0 fully saturated rings. The minimum Gasteiger partial charge on any atom is -0.321 e. The summed E-state index contributed by atoms with van der Waals surface area (Å²) in [5, 5.41) is 4.15. The molecule has 6 heteroatoms. The van der Waals surface area contributed by atoms with Crippen LogP contribution in [0.15, 0.2) is 48.9 Å². The van der Waals surface area contributed by atoms with Gasteiger partial charge in [-0.2, -0.15) is 4.39 Å². The Labute approximate surface area is 118 Å². The van der Waals surface area contributed by atoms with E-state index in [0.717, 1.165) is 17.6 Å². The number of carbonyl (C=O) groups excluding carboxylic acids is 1. The molecule has 1 amide bonds. The van der Waals surface area contributed by atoms with Gasteiger partial charge >= 0.3 is 0 Å². The first-order valence-electron chi connectivity index (χ1n) is 6.11. The first kappa shape index (κ1) is 13.1. The van der Waals surface area contributed by atoms with Crippen molar-refractivity contribution < 1.29 is 13.6 Å². The molecule has 1 aromatic carbocycles. The molecular formula is C15H9F2N3O. The first-order chi connectivity index (χ1) is 10.2. The Morgan fingerprint density at radius 3 is 2.81 bits per heavy atom. The number of hydrogen-bond acceptors (Lipinski definition) is 3. The van der Waals surface area contributed by atoms with Crippen LogP contribution in [-0.2, 0) is 0 Å². The molecule has 3 aromatic rings. The molecule has 0 bridgehead atoms. The van der Waals surface area contributed by atoms with E-state index >= 15 is 0 Å². The van der Waals surface area contributed by atoms with Crippen LogP contribution in [-0.4, -0.2) is 15.9 Å². The molecule has 0 saturated carbocycles. The third kappa shape index (κ3) is 2.43. The molecule has 0 radical (unpaired) electrons. The molecule has 0 aliphatic heterocycles. The molecular weight excluding hydrogens is 276 g/mol. The Kier molecular flexibility index (Phi) is 3.27. The second-order valence-electron chi connectivity index (χ2n) is 4.32. The van der Waals surface area contributed by atoms with Crippen molar-refractivity contribution in [3.05, 3.63) is 66.3 Å². The maximum Gasteiger partial charge on any atom is 0.258 e. The zero-order valence-corrected chi connectivity index (χ0v) is 10.7. The standard InChI is InChI=1S/C15H9F2N3O/c16-13-10(5-7-19-14(13)17)15(21)20-12-3-1-2-9-4-6-18-8-11(9)12/h1-8H,(H,20,21). The van der Waals surface area contributed by atoms with Gasteiger partial charge in [0.2, 0.25) is 5.95 Å². The highest BCUT2D eigenvalue weighted by Crippen LogP contribution is 2.23. The predicted molar refractivity (Wildman–Crippen MR) is 73.8 cm³/mol. The van der Waals surface area contributed by atoms with Gasteiger partial charge in [0.25, 0.3) is 5.91 Å². The van der Waals surface area contributed by atoms with E-state index in [1.165, 1.54) is 0 Å². The maximum atomic E-state index is 13.6. The van der Waals surface area contributed by atoms with Gasteiger partial charge in [-0.1, -0.05) is 12.1 Å². The summed E-state index contributed by atoms with van der Waals surface area (Å²) in [6, 6.07) is 8.19. The second-order valence-corrected chi connectivity index (χ2v) is 4.32. The lowest BCUT2D eigenvalue weighted by Crippen LogP contribution is -2.15. The van der Waals surface area contributed by atoms with Crippen LogP contribution in [0.3, 0.4) is 0 Å². The Balaban J connectivity index is 1.99. The van der Waals surface area contributed by atoms with Gasteiger partial charge in [-0.05, 0) is 23.6 Å². The van der Waals surface area contributed by atoms with E-state index in [9.17, 15) is 13.6 Å². The van der Waals surface area contributed by atoms with Gasteiger partial charge in [-0.25, -0.2) is 9.37 Å². The van der Waals surface area contributed by atoms with Crippen molar-refractivity contribution in [2.75, 3.05) is 5.32 Å². The highest BCUT2D eigenvalue weighted by molar-refractivity contribution is 6.09. The fourth-order valence-electron chi connectivity index (χ4n) is 2.01. The summed E-state index contributed by atoms with van der Waals surface area (Å²) in [7, 11) is 0. The Hall–Kier alpha value is -2.89. The molecule has 2 heterocycles. The number of fused-ring (bicyclic) bond motifs is 1. The summed E-state index contributed by atoms with van der Waals surface area (Å²) in [6.07, 6.45) is 4.26. The highest BCUT2D eigenvalue weighted by Gasteiger charge is 2.16. The minimum absolute atomic E-state index is 0.400. The molecule has 0 aliphatic carbocycles. The minimum atomic E-state index is -1.30. The van der Waals surface area contributed by atoms with Crippen LogP contribution in [0.2, 0.25) is 0 Å². The predicted octanol–water partition coefficient (Wildman–Crippen LogP) is 3.16. The SMILES string of the molecule is O=C(Nc1cccc2ccncc12)c1ccnc(F)c1F. The summed E-state index contributed by atoms with van der Waals surface area (Å²) >= 11 is 0. The van der Waals surface area contributed by atoms with E-state index in [0.29, 0.717) is 11.1 Å². The molecule has 0 aliphatic rings. The number of nitrogens with zero attached hydrogens (tertiary/aromatic N) is 2. The van der Waals surface area contributed by atoms with Crippen LogP contribution in [0.5, 0.6) is 0 Å². The van der Waals surface area contributed by atoms with Crippen LogP contribution in [0.1, 0.15) is 10.4 Å². The van der Waals surface area contributed by atoms with Gasteiger partial charge in [-0.15, -0.1) is 0 Å². The van der Waals surface area contributed by atoms with E-state index < -0.39 is 23.2 Å². The number of aromatic nitrogens is 2. The van der Waals surface area contributed by atoms with Gasteiger partial charge < -0.3 is 5.32 Å². The number of nitrogens with one attached hydrogen (secondary N) is 1. The molecule has 21 heavy (non-hydrogen) atoms. The van der Waals surface area contributed by atoms with Gasteiger partial charge in [0.05, 0.1) is 11.3 Å². The molecule has 0 unspecified atom stereocenters. The summed E-state index contributed by atoms with van der Waals surface area (Å²) < 4.78 is 26.6. The Bertz CT molecular complexity index is 831. The lowest BCUT2D eigenvalue weighted by molar-refractivity contribution is 0.102. The lowest BCUT2D eigenvalue weighted by Gasteiger charge is -2.09. The van der Waals surface area contributed by atoms with Gasteiger partial charge in [0.1, 0.15) is 0 Å². The third-order valence-electron chi connectivity index (χ3n) is 3.02. The van der Waals surface area contributed by atoms with Crippen molar-refractivity contribution in [3.8, 4) is 0 Å². The van der Waals surface area contributed by atoms with Crippen molar-refractivity contribution in [1.29, 1.82) is 0 Å². The number of amides is 1. The van der Waals surface area contributed by atoms with Crippen LogP contribution in [0.25, 0.3) is 10.8 Å². The first-order valence-corrected chi connectivity index (χ1v) is 6.11. The third-order valence-corrected chi connectivity index (χ3v) is 3.02. The summed E-state index contributed by atoms with van der Waals surface area (Å²) in [5.41, 5.74) is 0.0746. The Morgan fingerprint density at radius 1 is 1.10 bits per heavy atom. The highest BCUT2D eigenvalue weighted by atomic mass is 19.2. The maximum absolute atomic E-state index is 13.6. The van der Waals surface area contributed by atoms with Crippen molar-refractivity contribution in [3.63, 3.8) is 0 Å². The van der Waals surface area contributed by atoms with Crippen LogP contribution < -0.4 is 5.32 Å². The van der Waals surface area contributed by atoms with Crippen LogP contribution in [0.4, 0.5) is 14.5 Å². The van der Waals surface area contributed by atoms with Gasteiger partial charge in [0, 0.05) is 24.0 Å². The molecule has 3 rings (SSSR count). The number of rotatable bonds is 2. The fraction of sp³-hybridized carbons (Fsp3) is 0. The molecule has 1 N–H and O–H groups in total. The molecule has 104 valence electrons. The molecule has 4 nitrogen and oxygen atoms in total. The molecule has 0 saturated heterocycles. The van der Waals surface area contributed by atoms with Crippen LogP contribution in [0, 0.1) is 11.8 Å². The summed E-state index contributed by atoms with van der Waals surface area (Å²) in [6.45, 7) is 0. The number of carbonyl (C=O) groups is 1. The second kappa shape index (κ2) is 5.24. The molecule has 0 spiro atoms. The monoisotopic (exact) mass is 285 g/mol. The number of anilines is 1. The van der Waals surface area contributed by atoms with E-state index in [4.69, 9.17) is 0 Å². The van der Waals surface area contributed by atoms with Gasteiger partial charge in [-0.3, -0.25) is 9.78 Å². The number of hydrogen-bond donors (Lipinski definition) is 1. The van der Waals surface area contributed by atoms with E-state index in [1.807, 2.05) is 6.07 Å². The van der Waals surface area contributed by atoms with Crippen LogP contribution >= 0.6 is 0 Å². The zero-order valence-electron chi connectivity index (χ0n) is 10.7.